The monoisotopic (exact) mass is 866 g/mol. The molecule has 1 aliphatic rings. The van der Waals surface area contributed by atoms with Crippen LogP contribution in [0.2, 0.25) is 0 Å². The largest absolute Gasteiger partial charge is 0.456 e. The van der Waals surface area contributed by atoms with Crippen LogP contribution >= 0.6 is 11.3 Å². The number of benzene rings is 8. The maximum Gasteiger partial charge on any atom is 0.164 e. The molecule has 0 saturated heterocycles. The molecule has 0 spiro atoms. The van der Waals surface area contributed by atoms with Crippen molar-refractivity contribution in [2.75, 3.05) is 0 Å². The van der Waals surface area contributed by atoms with E-state index >= 15 is 0 Å². The Hall–Kier alpha value is -8.26. The highest BCUT2D eigenvalue weighted by Crippen LogP contribution is 2.46. The van der Waals surface area contributed by atoms with Crippen molar-refractivity contribution in [1.82, 2.24) is 15.0 Å². The predicted molar refractivity (Wildman–Crippen MR) is 271 cm³/mol. The molecule has 4 aromatic heterocycles. The third-order valence-electron chi connectivity index (χ3n) is 12.9. The Morgan fingerprint density at radius 2 is 1.06 bits per heavy atom. The zero-order valence-electron chi connectivity index (χ0n) is 35.8. The first-order chi connectivity index (χ1) is 32.7. The maximum absolute atomic E-state index is 6.62. The molecule has 1 aliphatic heterocycles. The Morgan fingerprint density at radius 1 is 0.470 bits per heavy atom. The number of aliphatic imine (C=N–C) groups is 1. The highest BCUT2D eigenvalue weighted by Gasteiger charge is 2.27. The van der Waals surface area contributed by atoms with E-state index in [0.29, 0.717) is 17.5 Å². The molecule has 312 valence electrons. The van der Waals surface area contributed by atoms with Crippen LogP contribution in [0.1, 0.15) is 34.9 Å². The van der Waals surface area contributed by atoms with Crippen LogP contribution in [0.5, 0.6) is 0 Å². The van der Waals surface area contributed by atoms with Gasteiger partial charge in [0.15, 0.2) is 17.5 Å². The van der Waals surface area contributed by atoms with Gasteiger partial charge < -0.3 is 8.83 Å². The second-order valence-electron chi connectivity index (χ2n) is 16.7. The second kappa shape index (κ2) is 15.5. The summed E-state index contributed by atoms with van der Waals surface area (Å²) in [6, 6.07) is 65.0. The summed E-state index contributed by atoms with van der Waals surface area (Å²) in [6.45, 7) is 2.25. The summed E-state index contributed by atoms with van der Waals surface area (Å²) in [6.07, 6.45) is 1.62. The quantitative estimate of drug-likeness (QED) is 0.159. The highest BCUT2D eigenvalue weighted by atomic mass is 32.1. The first kappa shape index (κ1) is 38.2. The fourth-order valence-corrected chi connectivity index (χ4v) is 11.0. The van der Waals surface area contributed by atoms with Gasteiger partial charge in [0.2, 0.25) is 0 Å². The molecular weight excluding hydrogens is 829 g/mol. The molecule has 13 rings (SSSR count). The standard InChI is InChI=1S/C59H38N4O2S/c1-2-35-33-46-43-26-14-24-40(55(43)66-56(46)53(36-17-6-3-7-18-36)60-52(35)45-28-15-25-42-41-23-12-13-29-48(41)65-54(42)45)39-31-32-49-47(34-39)51-44(27-16-30-50(51)64-49)59-62-57(37-19-8-4-9-20-37)61-58(63-59)38-21-10-5-11-22-38/h3-32,34H,2,33H2,1H3. The normalized spacial score (nSPS) is 13.0. The molecule has 0 bridgehead atoms. The number of nitrogens with zero attached hydrogens (tertiary/aromatic N) is 4. The lowest BCUT2D eigenvalue weighted by Gasteiger charge is -2.11. The van der Waals surface area contributed by atoms with Gasteiger partial charge in [-0.1, -0.05) is 165 Å². The minimum atomic E-state index is 0.592. The average Bonchev–Trinajstić information content (AvgIpc) is 4.05. The molecule has 0 unspecified atom stereocenters. The fraction of sp³-hybridized carbons (Fsp3) is 0.0508. The van der Waals surface area contributed by atoms with E-state index < -0.39 is 0 Å². The Balaban J connectivity index is 0.984. The summed E-state index contributed by atoms with van der Waals surface area (Å²) in [5, 5.41) is 5.44. The summed E-state index contributed by atoms with van der Waals surface area (Å²) in [4.78, 5) is 22.1. The third-order valence-corrected chi connectivity index (χ3v) is 14.1. The van der Waals surface area contributed by atoms with Crippen molar-refractivity contribution in [3.05, 3.63) is 215 Å². The van der Waals surface area contributed by atoms with E-state index in [1.54, 1.807) is 0 Å². The average molecular weight is 867 g/mol. The Labute approximate surface area is 383 Å². The van der Waals surface area contributed by atoms with Crippen molar-refractivity contribution < 1.29 is 8.83 Å². The first-order valence-corrected chi connectivity index (χ1v) is 23.1. The molecule has 66 heavy (non-hydrogen) atoms. The minimum Gasteiger partial charge on any atom is -0.456 e. The lowest BCUT2D eigenvalue weighted by Crippen LogP contribution is -2.02. The van der Waals surface area contributed by atoms with E-state index in [2.05, 4.69) is 110 Å². The molecule has 0 fully saturated rings. The first-order valence-electron chi connectivity index (χ1n) is 22.3. The fourth-order valence-electron chi connectivity index (χ4n) is 9.68. The van der Waals surface area contributed by atoms with Gasteiger partial charge >= 0.3 is 0 Å². The van der Waals surface area contributed by atoms with Gasteiger partial charge in [0.25, 0.3) is 0 Å². The summed E-state index contributed by atoms with van der Waals surface area (Å²) in [5.41, 5.74) is 15.0. The summed E-state index contributed by atoms with van der Waals surface area (Å²) >= 11 is 1.83. The van der Waals surface area contributed by atoms with Crippen molar-refractivity contribution in [2.45, 2.75) is 19.8 Å². The minimum absolute atomic E-state index is 0.592. The van der Waals surface area contributed by atoms with Crippen LogP contribution < -0.4 is 0 Å². The van der Waals surface area contributed by atoms with Crippen LogP contribution in [0.4, 0.5) is 0 Å². The second-order valence-corrected chi connectivity index (χ2v) is 17.7. The molecule has 5 heterocycles. The third kappa shape index (κ3) is 6.23. The lowest BCUT2D eigenvalue weighted by molar-refractivity contribution is 0.667. The number of fused-ring (bicyclic) bond motifs is 9. The number of thiophene rings is 1. The van der Waals surface area contributed by atoms with Gasteiger partial charge in [-0.15, -0.1) is 11.3 Å². The van der Waals surface area contributed by atoms with Crippen molar-refractivity contribution >= 4 is 76.7 Å². The molecule has 12 aromatic rings. The SMILES string of the molecule is CCC1=C(c2cccc3c2oc2ccccc23)N=C(c2ccccc2)c2sc3c(-c4ccc5oc6cccc(-c7nc(-c8ccccc8)nc(-c8ccccc8)n7)c6c5c4)cccc3c2C1. The van der Waals surface area contributed by atoms with Crippen molar-refractivity contribution in [3.63, 3.8) is 0 Å². The van der Waals surface area contributed by atoms with E-state index in [1.807, 2.05) is 96.3 Å². The van der Waals surface area contributed by atoms with Crippen LogP contribution in [0.3, 0.4) is 0 Å². The lowest BCUT2D eigenvalue weighted by atomic mass is 9.94. The zero-order valence-corrected chi connectivity index (χ0v) is 36.6. The van der Waals surface area contributed by atoms with E-state index in [4.69, 9.17) is 28.8 Å². The molecular formula is C59H38N4O2S. The Bertz CT molecular complexity index is 3880. The number of hydrogen-bond donors (Lipinski definition) is 0. The topological polar surface area (TPSA) is 77.3 Å². The van der Waals surface area contributed by atoms with Gasteiger partial charge in [0.1, 0.15) is 22.3 Å². The van der Waals surface area contributed by atoms with Gasteiger partial charge in [-0.25, -0.2) is 19.9 Å². The van der Waals surface area contributed by atoms with Crippen molar-refractivity contribution in [3.8, 4) is 45.3 Å². The molecule has 0 N–H and O–H groups in total. The number of aromatic nitrogens is 3. The highest BCUT2D eigenvalue weighted by molar-refractivity contribution is 7.22. The summed E-state index contributed by atoms with van der Waals surface area (Å²) in [7, 11) is 0. The van der Waals surface area contributed by atoms with Crippen LogP contribution in [0, 0.1) is 0 Å². The number of furan rings is 2. The van der Waals surface area contributed by atoms with E-state index in [-0.39, 0.29) is 0 Å². The molecule has 0 radical (unpaired) electrons. The molecule has 0 amide bonds. The van der Waals surface area contributed by atoms with Gasteiger partial charge in [0, 0.05) is 54.1 Å². The number of hydrogen-bond acceptors (Lipinski definition) is 7. The van der Waals surface area contributed by atoms with Gasteiger partial charge in [0.05, 0.1) is 16.3 Å². The molecule has 7 heteroatoms. The molecule has 8 aromatic carbocycles. The maximum atomic E-state index is 6.62. The molecule has 6 nitrogen and oxygen atoms in total. The van der Waals surface area contributed by atoms with Crippen LogP contribution in [0.15, 0.2) is 207 Å². The molecule has 0 atom stereocenters. The number of rotatable bonds is 7. The Morgan fingerprint density at radius 3 is 1.80 bits per heavy atom. The van der Waals surface area contributed by atoms with Crippen LogP contribution in [0.25, 0.3) is 105 Å². The number of para-hydroxylation sites is 2. The van der Waals surface area contributed by atoms with Crippen molar-refractivity contribution in [1.29, 1.82) is 0 Å². The van der Waals surface area contributed by atoms with E-state index in [0.717, 1.165) is 102 Å². The van der Waals surface area contributed by atoms with Crippen molar-refractivity contribution in [2.24, 2.45) is 4.99 Å². The van der Waals surface area contributed by atoms with Gasteiger partial charge in [-0.05, 0) is 70.8 Å². The van der Waals surface area contributed by atoms with E-state index in [1.165, 1.54) is 31.7 Å². The smallest absolute Gasteiger partial charge is 0.164 e. The Kier molecular flexibility index (Phi) is 8.96. The molecule has 0 saturated carbocycles. The van der Waals surface area contributed by atoms with Gasteiger partial charge in [-0.2, -0.15) is 0 Å². The number of allylic oxidation sites excluding steroid dienone is 1. The van der Waals surface area contributed by atoms with Gasteiger partial charge in [-0.3, -0.25) is 0 Å². The predicted octanol–water partition coefficient (Wildman–Crippen LogP) is 15.8. The van der Waals surface area contributed by atoms with E-state index in [9.17, 15) is 0 Å². The van der Waals surface area contributed by atoms with Crippen LogP contribution in [-0.2, 0) is 6.42 Å². The molecule has 0 aliphatic carbocycles. The summed E-state index contributed by atoms with van der Waals surface area (Å²) in [5.74, 6) is 1.83. The zero-order chi connectivity index (χ0) is 43.7. The van der Waals surface area contributed by atoms with Crippen LogP contribution in [-0.4, -0.2) is 20.7 Å². The summed E-state index contributed by atoms with van der Waals surface area (Å²) < 4.78 is 14.4.